The van der Waals surface area contributed by atoms with E-state index in [9.17, 15) is 22.8 Å². The molecule has 2 N–H and O–H groups in total. The predicted molar refractivity (Wildman–Crippen MR) is 110 cm³/mol. The number of nitrogens with zero attached hydrogens (tertiary/aromatic N) is 2. The van der Waals surface area contributed by atoms with Crippen LogP contribution in [0.3, 0.4) is 0 Å². The molecule has 0 aliphatic carbocycles. The number of thioether (sulfide) groups is 1. The fourth-order valence-electron chi connectivity index (χ4n) is 2.54. The van der Waals surface area contributed by atoms with Crippen molar-refractivity contribution in [2.75, 3.05) is 5.32 Å². The van der Waals surface area contributed by atoms with Crippen molar-refractivity contribution < 1.29 is 22.8 Å². The summed E-state index contributed by atoms with van der Waals surface area (Å²) in [4.78, 5) is 24.2. The van der Waals surface area contributed by atoms with Gasteiger partial charge in [-0.3, -0.25) is 9.59 Å². The lowest BCUT2D eigenvalue weighted by Crippen LogP contribution is -2.28. The lowest BCUT2D eigenvalue weighted by molar-refractivity contribution is -0.137. The Morgan fingerprint density at radius 3 is 2.67 bits per heavy atom. The first kappa shape index (κ1) is 21.6. The number of halogens is 3. The van der Waals surface area contributed by atoms with Crippen LogP contribution in [-0.2, 0) is 15.8 Å². The molecule has 0 bridgehead atoms. The van der Waals surface area contributed by atoms with E-state index in [0.29, 0.717) is 0 Å². The van der Waals surface area contributed by atoms with Crippen LogP contribution in [0.15, 0.2) is 58.7 Å². The van der Waals surface area contributed by atoms with E-state index in [1.165, 1.54) is 18.3 Å². The van der Waals surface area contributed by atoms with Gasteiger partial charge in [0.25, 0.3) is 0 Å². The molecule has 2 amide bonds. The van der Waals surface area contributed by atoms with Crippen molar-refractivity contribution in [1.29, 1.82) is 0 Å². The molecule has 1 aliphatic rings. The molecule has 6 nitrogen and oxygen atoms in total. The second-order valence-electron chi connectivity index (χ2n) is 6.49. The standard InChI is InChI=1S/C20H17F3N4O2S/c1-12-5-7-13(8-6-12)11-24-27-19-26-18(29)16(30-19)10-17(28)25-15-4-2-3-14(9-15)20(21,22)23/h2-9,11,16H,10H2,1H3,(H,25,28)(H,26,27,29)/t16-/m1/s1. The first-order valence-electron chi connectivity index (χ1n) is 8.83. The van der Waals surface area contributed by atoms with Crippen LogP contribution in [0.25, 0.3) is 0 Å². The molecule has 0 spiro atoms. The summed E-state index contributed by atoms with van der Waals surface area (Å²) >= 11 is 1.04. The number of carbonyl (C=O) groups is 2. The van der Waals surface area contributed by atoms with Crippen LogP contribution < -0.4 is 10.6 Å². The summed E-state index contributed by atoms with van der Waals surface area (Å²) in [6.45, 7) is 1.97. The zero-order valence-corrected chi connectivity index (χ0v) is 16.6. The molecule has 2 aromatic carbocycles. The largest absolute Gasteiger partial charge is 0.416 e. The molecule has 1 fully saturated rings. The van der Waals surface area contributed by atoms with Crippen LogP contribution in [0.5, 0.6) is 0 Å². The zero-order chi connectivity index (χ0) is 21.7. The van der Waals surface area contributed by atoms with Gasteiger partial charge in [-0.25, -0.2) is 0 Å². The van der Waals surface area contributed by atoms with Crippen molar-refractivity contribution in [3.05, 3.63) is 65.2 Å². The van der Waals surface area contributed by atoms with Gasteiger partial charge in [-0.15, -0.1) is 5.10 Å². The van der Waals surface area contributed by atoms with Crippen molar-refractivity contribution in [3.63, 3.8) is 0 Å². The highest BCUT2D eigenvalue weighted by Crippen LogP contribution is 2.31. The van der Waals surface area contributed by atoms with E-state index < -0.39 is 28.8 Å². The average molecular weight is 434 g/mol. The number of alkyl halides is 3. The highest BCUT2D eigenvalue weighted by molar-refractivity contribution is 8.15. The number of carbonyl (C=O) groups excluding carboxylic acids is 2. The Morgan fingerprint density at radius 1 is 1.23 bits per heavy atom. The molecular formula is C20H17F3N4O2S. The summed E-state index contributed by atoms with van der Waals surface area (Å²) < 4.78 is 38.3. The Balaban J connectivity index is 1.56. The summed E-state index contributed by atoms with van der Waals surface area (Å²) in [5.74, 6) is -0.991. The van der Waals surface area contributed by atoms with E-state index in [-0.39, 0.29) is 17.3 Å². The lowest BCUT2D eigenvalue weighted by Gasteiger charge is -2.10. The van der Waals surface area contributed by atoms with Crippen LogP contribution in [0.1, 0.15) is 23.1 Å². The molecule has 0 radical (unpaired) electrons. The number of amides is 2. The molecule has 0 saturated carbocycles. The molecule has 2 aromatic rings. The Bertz CT molecular complexity index is 1000. The predicted octanol–water partition coefficient (Wildman–Crippen LogP) is 3.96. The van der Waals surface area contributed by atoms with Gasteiger partial charge in [-0.05, 0) is 30.7 Å². The number of rotatable bonds is 5. The number of amidine groups is 1. The second kappa shape index (κ2) is 9.12. The molecule has 0 unspecified atom stereocenters. The maximum Gasteiger partial charge on any atom is 0.416 e. The van der Waals surface area contributed by atoms with E-state index in [4.69, 9.17) is 0 Å². The Morgan fingerprint density at radius 2 is 1.97 bits per heavy atom. The number of benzene rings is 2. The molecule has 3 rings (SSSR count). The molecular weight excluding hydrogens is 417 g/mol. The number of hydrogen-bond donors (Lipinski definition) is 2. The Kier molecular flexibility index (Phi) is 6.56. The summed E-state index contributed by atoms with van der Waals surface area (Å²) in [7, 11) is 0. The molecule has 1 saturated heterocycles. The van der Waals surface area contributed by atoms with E-state index >= 15 is 0 Å². The summed E-state index contributed by atoms with van der Waals surface area (Å²) in [5, 5.41) is 12.3. The van der Waals surface area contributed by atoms with Crippen molar-refractivity contribution in [1.82, 2.24) is 5.32 Å². The van der Waals surface area contributed by atoms with Gasteiger partial charge in [0.15, 0.2) is 5.17 Å². The third-order valence-corrected chi connectivity index (χ3v) is 5.13. The van der Waals surface area contributed by atoms with Crippen LogP contribution in [0.2, 0.25) is 0 Å². The monoisotopic (exact) mass is 434 g/mol. The minimum absolute atomic E-state index is 0.00909. The van der Waals surface area contributed by atoms with Gasteiger partial charge in [0.1, 0.15) is 5.25 Å². The van der Waals surface area contributed by atoms with E-state index in [0.717, 1.165) is 35.0 Å². The van der Waals surface area contributed by atoms with E-state index in [2.05, 4.69) is 20.8 Å². The fraction of sp³-hybridized carbons (Fsp3) is 0.200. The third-order valence-electron chi connectivity index (χ3n) is 4.05. The summed E-state index contributed by atoms with van der Waals surface area (Å²) in [5.41, 5.74) is 1.10. The van der Waals surface area contributed by atoms with Gasteiger partial charge in [0.2, 0.25) is 11.8 Å². The topological polar surface area (TPSA) is 82.9 Å². The maximum atomic E-state index is 12.8. The first-order chi connectivity index (χ1) is 14.2. The van der Waals surface area contributed by atoms with Crippen molar-refractivity contribution >= 4 is 40.6 Å². The quantitative estimate of drug-likeness (QED) is 0.552. The fourth-order valence-corrected chi connectivity index (χ4v) is 3.46. The highest BCUT2D eigenvalue weighted by atomic mass is 32.2. The minimum atomic E-state index is -4.51. The van der Waals surface area contributed by atoms with Gasteiger partial charge in [0, 0.05) is 12.1 Å². The molecule has 1 aliphatic heterocycles. The smallest absolute Gasteiger partial charge is 0.326 e. The number of aryl methyl sites for hydroxylation is 1. The summed E-state index contributed by atoms with van der Waals surface area (Å²) in [6, 6.07) is 11.9. The van der Waals surface area contributed by atoms with Gasteiger partial charge >= 0.3 is 6.18 Å². The van der Waals surface area contributed by atoms with Gasteiger partial charge in [0.05, 0.1) is 11.8 Å². The zero-order valence-electron chi connectivity index (χ0n) is 15.7. The third kappa shape index (κ3) is 5.93. The van der Waals surface area contributed by atoms with Crippen molar-refractivity contribution in [2.45, 2.75) is 24.8 Å². The molecule has 0 aromatic heterocycles. The van der Waals surface area contributed by atoms with Crippen LogP contribution >= 0.6 is 11.8 Å². The second-order valence-corrected chi connectivity index (χ2v) is 7.68. The maximum absolute atomic E-state index is 12.8. The summed E-state index contributed by atoms with van der Waals surface area (Å²) in [6.07, 6.45) is -3.19. The Labute approximate surface area is 174 Å². The SMILES string of the molecule is Cc1ccc(C=NN=C2NC(=O)[C@@H](CC(=O)Nc3cccc(C(F)(F)F)c3)S2)cc1. The number of nitrogens with one attached hydrogen (secondary N) is 2. The molecule has 156 valence electrons. The van der Waals surface area contributed by atoms with Crippen molar-refractivity contribution in [3.8, 4) is 0 Å². The van der Waals surface area contributed by atoms with Crippen LogP contribution in [0, 0.1) is 6.92 Å². The van der Waals surface area contributed by atoms with Crippen molar-refractivity contribution in [2.24, 2.45) is 10.2 Å². The molecule has 30 heavy (non-hydrogen) atoms. The number of anilines is 1. The molecule has 1 atom stereocenters. The van der Waals surface area contributed by atoms with Gasteiger partial charge in [-0.2, -0.15) is 18.3 Å². The van der Waals surface area contributed by atoms with E-state index in [1.807, 2.05) is 31.2 Å². The van der Waals surface area contributed by atoms with Gasteiger partial charge in [-0.1, -0.05) is 47.7 Å². The van der Waals surface area contributed by atoms with E-state index in [1.54, 1.807) is 0 Å². The molecule has 1 heterocycles. The van der Waals surface area contributed by atoms with Crippen LogP contribution in [-0.4, -0.2) is 28.4 Å². The minimum Gasteiger partial charge on any atom is -0.326 e. The molecule has 10 heteroatoms. The average Bonchev–Trinajstić information content (AvgIpc) is 3.02. The highest BCUT2D eigenvalue weighted by Gasteiger charge is 2.33. The number of hydrogen-bond acceptors (Lipinski definition) is 5. The normalized spacial score (nSPS) is 18.1. The van der Waals surface area contributed by atoms with Crippen LogP contribution in [0.4, 0.5) is 18.9 Å². The van der Waals surface area contributed by atoms with Gasteiger partial charge < -0.3 is 10.6 Å². The Hall–Kier alpha value is -3.14. The first-order valence-corrected chi connectivity index (χ1v) is 9.71. The lowest BCUT2D eigenvalue weighted by atomic mass is 10.2.